The summed E-state index contributed by atoms with van der Waals surface area (Å²) < 4.78 is 42.5. The van der Waals surface area contributed by atoms with Crippen molar-refractivity contribution in [2.24, 2.45) is 11.1 Å². The van der Waals surface area contributed by atoms with Crippen LogP contribution in [0.5, 0.6) is 0 Å². The number of rotatable bonds is 9. The van der Waals surface area contributed by atoms with E-state index >= 15 is 0 Å². The molecule has 1 unspecified atom stereocenters. The van der Waals surface area contributed by atoms with Crippen molar-refractivity contribution < 1.29 is 22.9 Å². The number of carboxylic acid groups (broad SMARTS) is 1. The fourth-order valence-electron chi connectivity index (χ4n) is 4.87. The van der Waals surface area contributed by atoms with Gasteiger partial charge in [-0.2, -0.15) is 5.10 Å². The molecule has 0 bridgehead atoms. The first-order valence-corrected chi connectivity index (χ1v) is 15.5. The number of halogens is 3. The van der Waals surface area contributed by atoms with Gasteiger partial charge in [0.05, 0.1) is 21.3 Å². The first kappa shape index (κ1) is 28.4. The van der Waals surface area contributed by atoms with Crippen molar-refractivity contribution in [2.45, 2.75) is 30.6 Å². The van der Waals surface area contributed by atoms with Crippen molar-refractivity contribution >= 4 is 39.9 Å². The molecule has 1 saturated carbocycles. The van der Waals surface area contributed by atoms with E-state index < -0.39 is 28.6 Å². The molecule has 0 saturated heterocycles. The number of thiazole rings is 1. The number of carboxylic acids is 1. The van der Waals surface area contributed by atoms with Crippen molar-refractivity contribution in [3.05, 3.63) is 105 Å². The lowest BCUT2D eigenvalue weighted by atomic mass is 9.95. The highest BCUT2D eigenvalue weighted by Crippen LogP contribution is 2.39. The number of carbonyl (C=O) groups is 1. The third kappa shape index (κ3) is 5.78. The van der Waals surface area contributed by atoms with Gasteiger partial charge in [-0.1, -0.05) is 41.9 Å². The van der Waals surface area contributed by atoms with Gasteiger partial charge in [0, 0.05) is 22.9 Å². The Kier molecular flexibility index (Phi) is 7.75. The maximum absolute atomic E-state index is 14.8. The second-order valence-corrected chi connectivity index (χ2v) is 12.4. The Morgan fingerprint density at radius 3 is 2.50 bits per heavy atom. The fourth-order valence-corrected chi connectivity index (χ4v) is 6.21. The zero-order chi connectivity index (χ0) is 29.5. The molecule has 3 N–H and O–H groups in total. The van der Waals surface area contributed by atoms with Gasteiger partial charge in [-0.25, -0.2) is 32.6 Å². The first-order valence-electron chi connectivity index (χ1n) is 13.0. The van der Waals surface area contributed by atoms with Crippen molar-refractivity contribution in [1.82, 2.24) is 14.8 Å². The molecule has 0 amide bonds. The number of aromatic carboxylic acids is 1. The third-order valence-corrected chi connectivity index (χ3v) is 9.03. The minimum atomic E-state index is -1.96. The van der Waals surface area contributed by atoms with Gasteiger partial charge in [-0.05, 0) is 72.2 Å². The van der Waals surface area contributed by atoms with Crippen LogP contribution in [-0.2, 0) is 23.8 Å². The Labute approximate surface area is 251 Å². The molecule has 7 nitrogen and oxygen atoms in total. The summed E-state index contributed by atoms with van der Waals surface area (Å²) in [5.74, 6) is -1.89. The highest BCUT2D eigenvalue weighted by molar-refractivity contribution is 7.82. The predicted molar refractivity (Wildman–Crippen MR) is 158 cm³/mol. The van der Waals surface area contributed by atoms with E-state index in [2.05, 4.69) is 4.98 Å². The van der Waals surface area contributed by atoms with E-state index in [0.717, 1.165) is 35.2 Å². The SMILES string of the molecule is NS(=O)c1ccc(Cc2c(-c3cccc(-c4ccc(Cl)c(F)c4)c3)nn(-c3nc(C(=O)O)cs3)c2CC2CC2)cc1F. The largest absolute Gasteiger partial charge is 0.476 e. The van der Waals surface area contributed by atoms with E-state index in [1.54, 1.807) is 16.8 Å². The fraction of sp³-hybridized carbons (Fsp3) is 0.167. The smallest absolute Gasteiger partial charge is 0.355 e. The standard InChI is InChI=1S/C30H23ClF2N4O3S2/c31-22-8-7-19(14-23(22)32)18-2-1-3-20(13-18)28-21(10-17-6-9-27(42(34)40)24(33)11-17)26(12-16-4-5-16)37(36-28)30-35-25(15-41-30)29(38)39/h1-3,6-9,11,13-16H,4-5,10,12,34H2,(H,38,39). The topological polar surface area (TPSA) is 111 Å². The van der Waals surface area contributed by atoms with Crippen LogP contribution in [0.3, 0.4) is 0 Å². The van der Waals surface area contributed by atoms with Crippen LogP contribution >= 0.6 is 22.9 Å². The van der Waals surface area contributed by atoms with Crippen molar-refractivity contribution in [3.8, 4) is 27.5 Å². The number of hydrogen-bond acceptors (Lipinski definition) is 5. The second-order valence-electron chi connectivity index (χ2n) is 10.1. The summed E-state index contributed by atoms with van der Waals surface area (Å²) in [5.41, 5.74) is 4.96. The molecule has 0 spiro atoms. The molecule has 1 fully saturated rings. The number of hydrogen-bond donors (Lipinski definition) is 2. The molecule has 1 atom stereocenters. The lowest BCUT2D eigenvalue weighted by molar-refractivity contribution is 0.0691. The first-order chi connectivity index (χ1) is 20.2. The van der Waals surface area contributed by atoms with Crippen LogP contribution < -0.4 is 5.14 Å². The van der Waals surface area contributed by atoms with Crippen LogP contribution in [0.15, 0.2) is 70.9 Å². The molecule has 0 aliphatic heterocycles. The van der Waals surface area contributed by atoms with Crippen molar-refractivity contribution in [2.75, 3.05) is 0 Å². The van der Waals surface area contributed by atoms with E-state index in [9.17, 15) is 22.9 Å². The van der Waals surface area contributed by atoms with E-state index in [-0.39, 0.29) is 15.6 Å². The summed E-state index contributed by atoms with van der Waals surface area (Å²) in [5, 5.41) is 21.7. The molecule has 12 heteroatoms. The monoisotopic (exact) mass is 624 g/mol. The Bertz CT molecular complexity index is 1870. The molecule has 0 radical (unpaired) electrons. The molecule has 1 aliphatic rings. The molecule has 2 heterocycles. The maximum atomic E-state index is 14.8. The van der Waals surface area contributed by atoms with E-state index in [4.69, 9.17) is 21.8 Å². The minimum Gasteiger partial charge on any atom is -0.476 e. The Morgan fingerprint density at radius 1 is 1.07 bits per heavy atom. The summed E-state index contributed by atoms with van der Waals surface area (Å²) in [6.45, 7) is 0. The molecular weight excluding hydrogens is 602 g/mol. The molecule has 2 aromatic heterocycles. The lowest BCUT2D eigenvalue weighted by Crippen LogP contribution is -2.07. The van der Waals surface area contributed by atoms with Crippen molar-refractivity contribution in [3.63, 3.8) is 0 Å². The van der Waals surface area contributed by atoms with Gasteiger partial charge in [0.25, 0.3) is 0 Å². The molecule has 3 aromatic carbocycles. The molecule has 214 valence electrons. The third-order valence-electron chi connectivity index (χ3n) is 7.14. The average molecular weight is 625 g/mol. The number of benzene rings is 3. The van der Waals surface area contributed by atoms with Crippen LogP contribution in [0.1, 0.15) is 40.2 Å². The zero-order valence-corrected chi connectivity index (χ0v) is 24.3. The maximum Gasteiger partial charge on any atom is 0.355 e. The van der Waals surface area contributed by atoms with Gasteiger partial charge in [0.2, 0.25) is 5.13 Å². The van der Waals surface area contributed by atoms with Crippen LogP contribution in [0, 0.1) is 17.6 Å². The summed E-state index contributed by atoms with van der Waals surface area (Å²) >= 11 is 7.07. The van der Waals surface area contributed by atoms with Crippen LogP contribution in [0.25, 0.3) is 27.5 Å². The van der Waals surface area contributed by atoms with E-state index in [1.165, 1.54) is 41.0 Å². The van der Waals surface area contributed by atoms with Crippen LogP contribution in [-0.4, -0.2) is 30.0 Å². The van der Waals surface area contributed by atoms with Gasteiger partial charge in [-0.3, -0.25) is 0 Å². The summed E-state index contributed by atoms with van der Waals surface area (Å²) in [6, 6.07) is 16.5. The zero-order valence-electron chi connectivity index (χ0n) is 21.9. The molecular formula is C30H23ClF2N4O3S2. The molecule has 42 heavy (non-hydrogen) atoms. The number of aromatic nitrogens is 3. The second kappa shape index (κ2) is 11.5. The van der Waals surface area contributed by atoms with Crippen LogP contribution in [0.4, 0.5) is 8.78 Å². The Balaban J connectivity index is 1.52. The quantitative estimate of drug-likeness (QED) is 0.187. The number of nitrogens with zero attached hydrogens (tertiary/aromatic N) is 3. The van der Waals surface area contributed by atoms with Gasteiger partial charge < -0.3 is 5.11 Å². The van der Waals surface area contributed by atoms with Gasteiger partial charge >= 0.3 is 5.97 Å². The summed E-state index contributed by atoms with van der Waals surface area (Å²) in [6.07, 6.45) is 3.09. The van der Waals surface area contributed by atoms with Gasteiger partial charge in [0.1, 0.15) is 22.6 Å². The average Bonchev–Trinajstić information content (AvgIpc) is 3.52. The van der Waals surface area contributed by atoms with E-state index in [1.807, 2.05) is 24.3 Å². The normalized spacial score (nSPS) is 13.8. The Morgan fingerprint density at radius 2 is 1.83 bits per heavy atom. The highest BCUT2D eigenvalue weighted by Gasteiger charge is 2.29. The van der Waals surface area contributed by atoms with E-state index in [0.29, 0.717) is 40.7 Å². The van der Waals surface area contributed by atoms with Gasteiger partial charge in [0.15, 0.2) is 5.69 Å². The molecule has 1 aliphatic carbocycles. The summed E-state index contributed by atoms with van der Waals surface area (Å²) in [7, 11) is -1.96. The highest BCUT2D eigenvalue weighted by atomic mass is 35.5. The van der Waals surface area contributed by atoms with Crippen LogP contribution in [0.2, 0.25) is 5.02 Å². The van der Waals surface area contributed by atoms with Gasteiger partial charge in [-0.15, -0.1) is 11.3 Å². The molecule has 5 aromatic rings. The summed E-state index contributed by atoms with van der Waals surface area (Å²) in [4.78, 5) is 15.8. The Hall–Kier alpha value is -3.77. The predicted octanol–water partition coefficient (Wildman–Crippen LogP) is 6.82. The molecule has 6 rings (SSSR count). The number of nitrogens with two attached hydrogens (primary N) is 1. The van der Waals surface area contributed by atoms with Crippen molar-refractivity contribution in [1.29, 1.82) is 0 Å². The minimum absolute atomic E-state index is 0.0292. The lowest BCUT2D eigenvalue weighted by Gasteiger charge is -2.10.